The molecule has 2 N–H and O–H groups in total. The van der Waals surface area contributed by atoms with Gasteiger partial charge in [0.2, 0.25) is 0 Å². The van der Waals surface area contributed by atoms with Crippen molar-refractivity contribution in [1.29, 1.82) is 5.26 Å². The van der Waals surface area contributed by atoms with Crippen LogP contribution in [-0.4, -0.2) is 16.1 Å². The molecule has 0 radical (unpaired) electrons. The molecule has 0 atom stereocenters. The molecule has 1 aromatic heterocycles. The number of nitriles is 1. The molecule has 100 valence electrons. The van der Waals surface area contributed by atoms with Crippen molar-refractivity contribution >= 4 is 5.97 Å². The Morgan fingerprint density at radius 2 is 1.95 bits per heavy atom. The Balaban J connectivity index is 2.76. The van der Waals surface area contributed by atoms with Crippen LogP contribution in [0.3, 0.4) is 0 Å². The number of halogens is 2. The molecular formula is C13H6F2N2O3. The van der Waals surface area contributed by atoms with E-state index in [1.165, 1.54) is 0 Å². The number of nitrogens with zero attached hydrogens (tertiary/aromatic N) is 1. The third-order valence-electron chi connectivity index (χ3n) is 2.60. The molecule has 0 aliphatic heterocycles. The minimum atomic E-state index is -1.41. The van der Waals surface area contributed by atoms with E-state index in [4.69, 9.17) is 10.4 Å². The SMILES string of the molecule is N#Cc1cc(C(=O)O)c(-c2ccc(F)c(F)c2)[nH]c1=O. The van der Waals surface area contributed by atoms with Gasteiger partial charge >= 0.3 is 5.97 Å². The van der Waals surface area contributed by atoms with E-state index in [1.807, 2.05) is 0 Å². The first kappa shape index (κ1) is 13.4. The predicted molar refractivity (Wildman–Crippen MR) is 64.1 cm³/mol. The normalized spacial score (nSPS) is 10.1. The van der Waals surface area contributed by atoms with Gasteiger partial charge in [-0.1, -0.05) is 0 Å². The number of hydrogen-bond acceptors (Lipinski definition) is 3. The maximum absolute atomic E-state index is 13.2. The van der Waals surface area contributed by atoms with E-state index in [9.17, 15) is 18.4 Å². The standard InChI is InChI=1S/C13H6F2N2O3/c14-9-2-1-6(4-10(9)15)11-8(13(19)20)3-7(5-16)12(18)17-11/h1-4H,(H,17,18)(H,19,20). The zero-order valence-corrected chi connectivity index (χ0v) is 9.78. The highest BCUT2D eigenvalue weighted by Gasteiger charge is 2.17. The summed E-state index contributed by atoms with van der Waals surface area (Å²) in [4.78, 5) is 24.9. The summed E-state index contributed by atoms with van der Waals surface area (Å²) >= 11 is 0. The van der Waals surface area contributed by atoms with Crippen molar-refractivity contribution in [3.05, 3.63) is 57.4 Å². The summed E-state index contributed by atoms with van der Waals surface area (Å²) in [6, 6.07) is 5.14. The minimum Gasteiger partial charge on any atom is -0.478 e. The van der Waals surface area contributed by atoms with Crippen LogP contribution in [0.5, 0.6) is 0 Å². The highest BCUT2D eigenvalue weighted by molar-refractivity contribution is 5.95. The third kappa shape index (κ3) is 2.27. The smallest absolute Gasteiger partial charge is 0.337 e. The molecule has 0 amide bonds. The van der Waals surface area contributed by atoms with E-state index in [1.54, 1.807) is 6.07 Å². The number of rotatable bonds is 2. The lowest BCUT2D eigenvalue weighted by Gasteiger charge is -2.07. The van der Waals surface area contributed by atoms with Crippen LogP contribution in [0, 0.1) is 23.0 Å². The quantitative estimate of drug-likeness (QED) is 0.875. The number of nitrogens with one attached hydrogen (secondary N) is 1. The van der Waals surface area contributed by atoms with Crippen LogP contribution in [0.2, 0.25) is 0 Å². The fourth-order valence-corrected chi connectivity index (χ4v) is 1.66. The van der Waals surface area contributed by atoms with Gasteiger partial charge in [0.15, 0.2) is 11.6 Å². The molecule has 5 nitrogen and oxygen atoms in total. The van der Waals surface area contributed by atoms with Crippen molar-refractivity contribution in [2.45, 2.75) is 0 Å². The fraction of sp³-hybridized carbons (Fsp3) is 0. The average molecular weight is 276 g/mol. The van der Waals surface area contributed by atoms with Crippen molar-refractivity contribution in [1.82, 2.24) is 4.98 Å². The maximum Gasteiger partial charge on any atom is 0.337 e. The van der Waals surface area contributed by atoms with Crippen LogP contribution in [0.25, 0.3) is 11.3 Å². The number of aromatic amines is 1. The summed E-state index contributed by atoms with van der Waals surface area (Å²) in [6.07, 6.45) is 0. The summed E-state index contributed by atoms with van der Waals surface area (Å²) in [5, 5.41) is 17.8. The zero-order valence-electron chi connectivity index (χ0n) is 9.78. The Labute approximate surface area is 110 Å². The monoisotopic (exact) mass is 276 g/mol. The summed E-state index contributed by atoms with van der Waals surface area (Å²) in [5.74, 6) is -3.68. The lowest BCUT2D eigenvalue weighted by Crippen LogP contribution is -2.15. The van der Waals surface area contributed by atoms with Crippen LogP contribution in [0.1, 0.15) is 15.9 Å². The molecule has 7 heteroatoms. The summed E-state index contributed by atoms with van der Waals surface area (Å²) in [6.45, 7) is 0. The van der Waals surface area contributed by atoms with Crippen molar-refractivity contribution in [3.63, 3.8) is 0 Å². The fourth-order valence-electron chi connectivity index (χ4n) is 1.66. The summed E-state index contributed by atoms with van der Waals surface area (Å²) in [7, 11) is 0. The number of hydrogen-bond donors (Lipinski definition) is 2. The Bertz CT molecular complexity index is 806. The first-order chi connectivity index (χ1) is 9.43. The zero-order chi connectivity index (χ0) is 14.9. The van der Waals surface area contributed by atoms with Gasteiger partial charge in [-0.25, -0.2) is 13.6 Å². The number of carboxylic acid groups (broad SMARTS) is 1. The number of carbonyl (C=O) groups is 1. The Hall–Kier alpha value is -3.01. The van der Waals surface area contributed by atoms with Gasteiger partial charge in [-0.3, -0.25) is 4.79 Å². The second-order valence-corrected chi connectivity index (χ2v) is 3.85. The number of pyridine rings is 1. The molecule has 2 rings (SSSR count). The second kappa shape index (κ2) is 4.93. The van der Waals surface area contributed by atoms with Crippen molar-refractivity contribution in [2.24, 2.45) is 0 Å². The molecule has 0 spiro atoms. The molecule has 0 fully saturated rings. The highest BCUT2D eigenvalue weighted by atomic mass is 19.2. The third-order valence-corrected chi connectivity index (χ3v) is 2.60. The van der Waals surface area contributed by atoms with Crippen molar-refractivity contribution in [2.75, 3.05) is 0 Å². The van der Waals surface area contributed by atoms with Gasteiger partial charge in [-0.2, -0.15) is 5.26 Å². The van der Waals surface area contributed by atoms with E-state index in [0.29, 0.717) is 0 Å². The second-order valence-electron chi connectivity index (χ2n) is 3.85. The summed E-state index contributed by atoms with van der Waals surface area (Å²) in [5.41, 5.74) is -1.78. The average Bonchev–Trinajstić information content (AvgIpc) is 2.41. The first-order valence-corrected chi connectivity index (χ1v) is 5.30. The minimum absolute atomic E-state index is 0.0112. The Kier molecular flexibility index (Phi) is 3.31. The van der Waals surface area contributed by atoms with Crippen LogP contribution >= 0.6 is 0 Å². The van der Waals surface area contributed by atoms with E-state index in [2.05, 4.69) is 4.98 Å². The van der Waals surface area contributed by atoms with Crippen molar-refractivity contribution in [3.8, 4) is 17.3 Å². The van der Waals surface area contributed by atoms with Gasteiger partial charge in [0, 0.05) is 5.56 Å². The predicted octanol–water partition coefficient (Wildman–Crippen LogP) is 1.89. The largest absolute Gasteiger partial charge is 0.478 e. The Morgan fingerprint density at radius 1 is 1.25 bits per heavy atom. The molecule has 0 aliphatic rings. The lowest BCUT2D eigenvalue weighted by molar-refractivity contribution is 0.0697. The van der Waals surface area contributed by atoms with Crippen LogP contribution in [0.15, 0.2) is 29.1 Å². The number of carboxylic acids is 1. The lowest BCUT2D eigenvalue weighted by atomic mass is 10.0. The van der Waals surface area contributed by atoms with Gasteiger partial charge in [-0.05, 0) is 24.3 Å². The number of H-pyrrole nitrogens is 1. The van der Waals surface area contributed by atoms with Gasteiger partial charge in [0.05, 0.1) is 11.3 Å². The molecule has 20 heavy (non-hydrogen) atoms. The van der Waals surface area contributed by atoms with Crippen LogP contribution in [0.4, 0.5) is 8.78 Å². The molecule has 0 unspecified atom stereocenters. The number of benzene rings is 1. The van der Waals surface area contributed by atoms with E-state index >= 15 is 0 Å². The summed E-state index contributed by atoms with van der Waals surface area (Å²) < 4.78 is 26.0. The number of aromatic carboxylic acids is 1. The molecule has 0 bridgehead atoms. The van der Waals surface area contributed by atoms with E-state index in [0.717, 1.165) is 24.3 Å². The van der Waals surface area contributed by atoms with Crippen LogP contribution < -0.4 is 5.56 Å². The first-order valence-electron chi connectivity index (χ1n) is 5.30. The molecule has 2 aromatic rings. The Morgan fingerprint density at radius 3 is 2.50 bits per heavy atom. The van der Waals surface area contributed by atoms with E-state index < -0.39 is 23.2 Å². The topological polar surface area (TPSA) is 93.9 Å². The molecule has 0 saturated carbocycles. The van der Waals surface area contributed by atoms with Gasteiger partial charge in [0.1, 0.15) is 11.6 Å². The van der Waals surface area contributed by atoms with Gasteiger partial charge in [-0.15, -0.1) is 0 Å². The van der Waals surface area contributed by atoms with Crippen LogP contribution in [-0.2, 0) is 0 Å². The van der Waals surface area contributed by atoms with E-state index in [-0.39, 0.29) is 22.4 Å². The highest BCUT2D eigenvalue weighted by Crippen LogP contribution is 2.23. The maximum atomic E-state index is 13.2. The van der Waals surface area contributed by atoms with Crippen molar-refractivity contribution < 1.29 is 18.7 Å². The molecule has 0 saturated heterocycles. The molecule has 1 heterocycles. The van der Waals surface area contributed by atoms with Gasteiger partial charge in [0.25, 0.3) is 5.56 Å². The number of aromatic nitrogens is 1. The molecule has 0 aliphatic carbocycles. The molecular weight excluding hydrogens is 270 g/mol. The molecule has 1 aromatic carbocycles. The van der Waals surface area contributed by atoms with Gasteiger partial charge < -0.3 is 10.1 Å².